The molecule has 0 aliphatic heterocycles. The molecule has 5 heterocycles. The summed E-state index contributed by atoms with van der Waals surface area (Å²) in [5.41, 5.74) is 6.70. The second-order valence-corrected chi connectivity index (χ2v) is 9.33. The molecule has 0 bridgehead atoms. The normalized spacial score (nSPS) is 11.3. The van der Waals surface area contributed by atoms with Gasteiger partial charge < -0.3 is 20.0 Å². The average molecular weight is 550 g/mol. The first-order chi connectivity index (χ1) is 20.1. The van der Waals surface area contributed by atoms with E-state index in [1.165, 1.54) is 11.8 Å². The molecule has 0 aliphatic carbocycles. The molecule has 13 heteroatoms. The highest BCUT2D eigenvalue weighted by Gasteiger charge is 2.17. The Morgan fingerprint density at radius 3 is 2.83 bits per heavy atom. The van der Waals surface area contributed by atoms with Crippen LogP contribution in [0.15, 0.2) is 59.8 Å². The SMILES string of the molecule is CCNCc1cncc(-c2ccc3[nH]nc(-c4ncc(C(=O)NCCc5nnc(-c6cnccn6)o5)[nH]4)c3c2)c1C. The molecule has 0 radical (unpaired) electrons. The second kappa shape index (κ2) is 11.4. The molecule has 1 aromatic carbocycles. The third kappa shape index (κ3) is 5.43. The predicted octanol–water partition coefficient (Wildman–Crippen LogP) is 3.25. The van der Waals surface area contributed by atoms with Gasteiger partial charge in [-0.2, -0.15) is 5.10 Å². The Labute approximate surface area is 234 Å². The van der Waals surface area contributed by atoms with E-state index in [-0.39, 0.29) is 11.8 Å². The molecule has 41 heavy (non-hydrogen) atoms. The van der Waals surface area contributed by atoms with E-state index in [4.69, 9.17) is 4.42 Å². The number of nitrogens with zero attached hydrogens (tertiary/aromatic N) is 7. The molecule has 4 N–H and O–H groups in total. The number of H-pyrrole nitrogens is 2. The Bertz CT molecular complexity index is 1810. The molecular formula is C28H27N11O2. The quantitative estimate of drug-likeness (QED) is 0.198. The molecule has 6 rings (SSSR count). The van der Waals surface area contributed by atoms with E-state index in [1.807, 2.05) is 24.5 Å². The van der Waals surface area contributed by atoms with Gasteiger partial charge in [0.1, 0.15) is 17.1 Å². The summed E-state index contributed by atoms with van der Waals surface area (Å²) in [7, 11) is 0. The summed E-state index contributed by atoms with van der Waals surface area (Å²) in [6.45, 7) is 6.14. The molecule has 0 saturated carbocycles. The summed E-state index contributed by atoms with van der Waals surface area (Å²) in [5.74, 6) is 0.837. The number of aromatic amines is 2. The third-order valence-corrected chi connectivity index (χ3v) is 6.68. The topological polar surface area (TPSA) is 176 Å². The van der Waals surface area contributed by atoms with Gasteiger partial charge in [-0.3, -0.25) is 19.9 Å². The van der Waals surface area contributed by atoms with Crippen LogP contribution in [0.25, 0.3) is 45.1 Å². The van der Waals surface area contributed by atoms with Crippen molar-refractivity contribution in [1.29, 1.82) is 0 Å². The minimum absolute atomic E-state index is 0.277. The molecule has 1 amide bonds. The zero-order valence-corrected chi connectivity index (χ0v) is 22.5. The van der Waals surface area contributed by atoms with Gasteiger partial charge in [-0.15, -0.1) is 10.2 Å². The van der Waals surface area contributed by atoms with E-state index >= 15 is 0 Å². The van der Waals surface area contributed by atoms with Gasteiger partial charge in [0, 0.05) is 55.2 Å². The second-order valence-electron chi connectivity index (χ2n) is 9.33. The van der Waals surface area contributed by atoms with Gasteiger partial charge >= 0.3 is 0 Å². The van der Waals surface area contributed by atoms with E-state index < -0.39 is 0 Å². The predicted molar refractivity (Wildman–Crippen MR) is 150 cm³/mol. The Morgan fingerprint density at radius 2 is 1.98 bits per heavy atom. The molecule has 0 unspecified atom stereocenters. The zero-order chi connectivity index (χ0) is 28.2. The zero-order valence-electron chi connectivity index (χ0n) is 22.5. The van der Waals surface area contributed by atoms with Crippen LogP contribution < -0.4 is 10.6 Å². The number of rotatable bonds is 10. The Balaban J connectivity index is 1.15. The van der Waals surface area contributed by atoms with Crippen LogP contribution in [0.5, 0.6) is 0 Å². The van der Waals surface area contributed by atoms with Crippen molar-refractivity contribution in [2.24, 2.45) is 0 Å². The molecule has 5 aromatic heterocycles. The fraction of sp³-hybridized carbons (Fsp3) is 0.214. The number of imidazole rings is 1. The van der Waals surface area contributed by atoms with Gasteiger partial charge in [0.25, 0.3) is 11.8 Å². The highest BCUT2D eigenvalue weighted by atomic mass is 16.4. The number of fused-ring (bicyclic) bond motifs is 1. The van der Waals surface area contributed by atoms with Gasteiger partial charge in [-0.25, -0.2) is 9.97 Å². The third-order valence-electron chi connectivity index (χ3n) is 6.68. The molecule has 6 aromatic rings. The lowest BCUT2D eigenvalue weighted by atomic mass is 9.98. The maximum absolute atomic E-state index is 12.8. The largest absolute Gasteiger partial charge is 0.419 e. The molecule has 13 nitrogen and oxygen atoms in total. The van der Waals surface area contributed by atoms with E-state index in [1.54, 1.807) is 18.6 Å². The number of pyridine rings is 1. The van der Waals surface area contributed by atoms with Crippen molar-refractivity contribution in [2.75, 3.05) is 13.1 Å². The van der Waals surface area contributed by atoms with Crippen LogP contribution >= 0.6 is 0 Å². The molecule has 0 aliphatic rings. The first-order valence-electron chi connectivity index (χ1n) is 13.2. The Morgan fingerprint density at radius 1 is 1.05 bits per heavy atom. The first-order valence-corrected chi connectivity index (χ1v) is 13.2. The first kappa shape index (κ1) is 26.0. The number of benzene rings is 1. The molecule has 0 saturated heterocycles. The van der Waals surface area contributed by atoms with Gasteiger partial charge in [0.15, 0.2) is 5.82 Å². The van der Waals surface area contributed by atoms with Gasteiger partial charge in [0.2, 0.25) is 5.89 Å². The van der Waals surface area contributed by atoms with Crippen LogP contribution in [-0.4, -0.2) is 64.3 Å². The molecule has 0 fully saturated rings. The molecular weight excluding hydrogens is 522 g/mol. The molecule has 0 atom stereocenters. The smallest absolute Gasteiger partial charge is 0.269 e. The lowest BCUT2D eigenvalue weighted by Crippen LogP contribution is -2.26. The number of carbonyl (C=O) groups is 1. The van der Waals surface area contributed by atoms with Crippen LogP contribution in [0.3, 0.4) is 0 Å². The number of hydrogen-bond acceptors (Lipinski definition) is 10. The van der Waals surface area contributed by atoms with Crippen LogP contribution in [0.2, 0.25) is 0 Å². The van der Waals surface area contributed by atoms with Crippen molar-refractivity contribution in [3.8, 4) is 34.2 Å². The number of amides is 1. The van der Waals surface area contributed by atoms with Crippen molar-refractivity contribution in [1.82, 2.24) is 55.9 Å². The highest BCUT2D eigenvalue weighted by molar-refractivity contribution is 5.96. The van der Waals surface area contributed by atoms with Crippen molar-refractivity contribution >= 4 is 16.8 Å². The summed E-state index contributed by atoms with van der Waals surface area (Å²) in [5, 5.41) is 22.6. The highest BCUT2D eigenvalue weighted by Crippen LogP contribution is 2.31. The van der Waals surface area contributed by atoms with Crippen LogP contribution in [-0.2, 0) is 13.0 Å². The van der Waals surface area contributed by atoms with Gasteiger partial charge in [-0.1, -0.05) is 13.0 Å². The number of nitrogens with one attached hydrogen (secondary N) is 4. The average Bonchev–Trinajstić information content (AvgIpc) is 3.77. The van der Waals surface area contributed by atoms with E-state index in [0.717, 1.165) is 40.7 Å². The van der Waals surface area contributed by atoms with Crippen molar-refractivity contribution in [3.05, 3.63) is 78.1 Å². The van der Waals surface area contributed by atoms with Crippen molar-refractivity contribution in [2.45, 2.75) is 26.8 Å². The summed E-state index contributed by atoms with van der Waals surface area (Å²) < 4.78 is 5.61. The maximum Gasteiger partial charge on any atom is 0.269 e. The summed E-state index contributed by atoms with van der Waals surface area (Å²) >= 11 is 0. The Kier molecular flexibility index (Phi) is 7.24. The van der Waals surface area contributed by atoms with Gasteiger partial charge in [0.05, 0.1) is 17.9 Å². The number of aromatic nitrogens is 9. The van der Waals surface area contributed by atoms with Crippen LogP contribution in [0.4, 0.5) is 0 Å². The number of carbonyl (C=O) groups excluding carboxylic acids is 1. The lowest BCUT2D eigenvalue weighted by Gasteiger charge is -2.11. The van der Waals surface area contributed by atoms with Gasteiger partial charge in [-0.05, 0) is 42.3 Å². The van der Waals surface area contributed by atoms with E-state index in [0.29, 0.717) is 41.8 Å². The fourth-order valence-electron chi connectivity index (χ4n) is 4.46. The summed E-state index contributed by atoms with van der Waals surface area (Å²) in [4.78, 5) is 32.9. The van der Waals surface area contributed by atoms with Crippen molar-refractivity contribution < 1.29 is 9.21 Å². The molecule has 0 spiro atoms. The summed E-state index contributed by atoms with van der Waals surface area (Å²) in [6, 6.07) is 6.10. The minimum Gasteiger partial charge on any atom is -0.419 e. The lowest BCUT2D eigenvalue weighted by molar-refractivity contribution is 0.0949. The van der Waals surface area contributed by atoms with E-state index in [9.17, 15) is 4.79 Å². The monoisotopic (exact) mass is 549 g/mol. The van der Waals surface area contributed by atoms with Crippen molar-refractivity contribution in [3.63, 3.8) is 0 Å². The Hall–Kier alpha value is -5.30. The fourth-order valence-corrected chi connectivity index (χ4v) is 4.46. The minimum atomic E-state index is -0.308. The van der Waals surface area contributed by atoms with Crippen LogP contribution in [0, 0.1) is 6.92 Å². The van der Waals surface area contributed by atoms with Crippen LogP contribution in [0.1, 0.15) is 34.4 Å². The van der Waals surface area contributed by atoms with E-state index in [2.05, 4.69) is 75.9 Å². The summed E-state index contributed by atoms with van der Waals surface area (Å²) in [6.07, 6.45) is 10.3. The standard InChI is InChI=1S/C28H27N11O2/c1-3-29-11-18-12-31-13-20(16(18)2)17-4-5-21-19(10-17)25(38-36-21)26-34-15-22(35-26)27(40)33-7-6-24-37-39-28(41-24)23-14-30-8-9-32-23/h4-5,8-10,12-15,29H,3,6-7,11H2,1-2H3,(H,33,40)(H,34,35)(H,36,38). The molecule has 206 valence electrons. The maximum atomic E-state index is 12.8. The number of hydrogen-bond donors (Lipinski definition) is 4.